The maximum atomic E-state index is 12.9. The average Bonchev–Trinajstić information content (AvgIpc) is 3.15. The molecule has 1 unspecified atom stereocenters. The Kier molecular flexibility index (Phi) is 6.78. The largest absolute Gasteiger partial charge is 0.449 e. The molecule has 0 fully saturated rings. The number of nitrogens with one attached hydrogen (secondary N) is 2. The van der Waals surface area contributed by atoms with Gasteiger partial charge in [-0.25, -0.2) is 4.79 Å². The molecule has 0 bridgehead atoms. The van der Waals surface area contributed by atoms with Crippen molar-refractivity contribution in [1.29, 1.82) is 0 Å². The molecule has 4 rings (SSSR count). The van der Waals surface area contributed by atoms with Crippen molar-refractivity contribution in [2.45, 2.75) is 38.8 Å². The van der Waals surface area contributed by atoms with Crippen LogP contribution in [0.3, 0.4) is 0 Å². The third-order valence-corrected chi connectivity index (χ3v) is 6.22. The minimum absolute atomic E-state index is 0.0208. The molecule has 0 heterocycles. The van der Waals surface area contributed by atoms with Crippen LogP contribution in [-0.2, 0) is 9.53 Å². The molecule has 0 saturated carbocycles. The Hall–Kier alpha value is -3.60. The first kappa shape index (κ1) is 22.6. The van der Waals surface area contributed by atoms with Crippen molar-refractivity contribution in [3.8, 4) is 11.1 Å². The van der Waals surface area contributed by atoms with E-state index in [0.29, 0.717) is 0 Å². The Morgan fingerprint density at radius 2 is 1.33 bits per heavy atom. The molecule has 1 aliphatic rings. The summed E-state index contributed by atoms with van der Waals surface area (Å²) in [5.41, 5.74) is 5.67. The summed E-state index contributed by atoms with van der Waals surface area (Å²) in [5, 5.41) is 5.77. The molecule has 2 atom stereocenters. The van der Waals surface area contributed by atoms with Crippen LogP contribution in [0.4, 0.5) is 4.79 Å². The fourth-order valence-corrected chi connectivity index (χ4v) is 4.43. The van der Waals surface area contributed by atoms with Crippen LogP contribution in [0, 0.1) is 5.92 Å². The summed E-state index contributed by atoms with van der Waals surface area (Å²) >= 11 is 0. The lowest BCUT2D eigenvalue weighted by molar-refractivity contribution is -0.124. The Morgan fingerprint density at radius 3 is 1.91 bits per heavy atom. The first-order chi connectivity index (χ1) is 16.0. The second-order valence-electron chi connectivity index (χ2n) is 8.83. The molecule has 1 aliphatic carbocycles. The Bertz CT molecular complexity index is 1080. The number of ether oxygens (including phenoxy) is 1. The maximum absolute atomic E-state index is 12.9. The van der Waals surface area contributed by atoms with Gasteiger partial charge in [0.15, 0.2) is 0 Å². The van der Waals surface area contributed by atoms with E-state index in [1.54, 1.807) is 0 Å². The molecule has 0 spiro atoms. The topological polar surface area (TPSA) is 67.4 Å². The smallest absolute Gasteiger partial charge is 0.407 e. The first-order valence-electron chi connectivity index (χ1n) is 11.4. The van der Waals surface area contributed by atoms with Crippen molar-refractivity contribution in [3.63, 3.8) is 0 Å². The molecule has 5 heteroatoms. The van der Waals surface area contributed by atoms with E-state index in [9.17, 15) is 9.59 Å². The summed E-state index contributed by atoms with van der Waals surface area (Å²) in [6.07, 6.45) is -0.585. The number of carbonyl (C=O) groups excluding carboxylic acids is 2. The molecule has 0 radical (unpaired) electrons. The van der Waals surface area contributed by atoms with Gasteiger partial charge in [0, 0.05) is 5.92 Å². The van der Waals surface area contributed by atoms with Crippen molar-refractivity contribution in [2.75, 3.05) is 6.61 Å². The van der Waals surface area contributed by atoms with Crippen molar-refractivity contribution in [1.82, 2.24) is 10.6 Å². The molecule has 2 N–H and O–H groups in total. The second-order valence-corrected chi connectivity index (χ2v) is 8.83. The van der Waals surface area contributed by atoms with Crippen LogP contribution in [-0.4, -0.2) is 24.6 Å². The van der Waals surface area contributed by atoms with Crippen molar-refractivity contribution < 1.29 is 14.3 Å². The zero-order valence-corrected chi connectivity index (χ0v) is 19.2. The number of amides is 2. The summed E-state index contributed by atoms with van der Waals surface area (Å²) in [7, 11) is 0. The van der Waals surface area contributed by atoms with E-state index in [2.05, 4.69) is 34.9 Å². The summed E-state index contributed by atoms with van der Waals surface area (Å²) < 4.78 is 5.63. The summed E-state index contributed by atoms with van der Waals surface area (Å²) in [6, 6.07) is 25.3. The first-order valence-corrected chi connectivity index (χ1v) is 11.4. The molecular formula is C28H30N2O3. The summed E-state index contributed by atoms with van der Waals surface area (Å²) in [4.78, 5) is 25.6. The molecular weight excluding hydrogens is 412 g/mol. The molecule has 0 saturated heterocycles. The molecule has 170 valence electrons. The normalized spacial score (nSPS) is 14.2. The van der Waals surface area contributed by atoms with Gasteiger partial charge in [0.25, 0.3) is 0 Å². The molecule has 0 aromatic heterocycles. The number of benzene rings is 3. The van der Waals surface area contributed by atoms with E-state index >= 15 is 0 Å². The highest BCUT2D eigenvalue weighted by atomic mass is 16.5. The summed E-state index contributed by atoms with van der Waals surface area (Å²) in [6.45, 7) is 5.95. The molecule has 0 aliphatic heterocycles. The molecule has 2 amide bonds. The van der Waals surface area contributed by atoms with E-state index < -0.39 is 12.1 Å². The average molecular weight is 443 g/mol. The SMILES string of the molecule is CC(NC(=O)[C@@H](NC(=O)OCC1c2ccccc2-c2ccccc21)C(C)C)c1ccccc1. The van der Waals surface area contributed by atoms with Gasteiger partial charge in [0.1, 0.15) is 12.6 Å². The van der Waals surface area contributed by atoms with E-state index in [1.165, 1.54) is 11.1 Å². The highest BCUT2D eigenvalue weighted by Gasteiger charge is 2.30. The van der Waals surface area contributed by atoms with Gasteiger partial charge in [0.05, 0.1) is 6.04 Å². The van der Waals surface area contributed by atoms with Gasteiger partial charge in [-0.15, -0.1) is 0 Å². The quantitative estimate of drug-likeness (QED) is 0.513. The maximum Gasteiger partial charge on any atom is 0.407 e. The number of rotatable bonds is 7. The van der Waals surface area contributed by atoms with Gasteiger partial charge >= 0.3 is 6.09 Å². The number of fused-ring (bicyclic) bond motifs is 3. The van der Waals surface area contributed by atoms with E-state index in [0.717, 1.165) is 16.7 Å². The monoisotopic (exact) mass is 442 g/mol. The van der Waals surface area contributed by atoms with Gasteiger partial charge in [-0.05, 0) is 40.7 Å². The highest BCUT2D eigenvalue weighted by molar-refractivity contribution is 5.86. The second kappa shape index (κ2) is 9.90. The molecule has 3 aromatic rings. The van der Waals surface area contributed by atoms with Gasteiger partial charge in [-0.1, -0.05) is 92.7 Å². The number of hydrogen-bond donors (Lipinski definition) is 2. The number of alkyl carbamates (subject to hydrolysis) is 1. The van der Waals surface area contributed by atoms with Crippen molar-refractivity contribution in [3.05, 3.63) is 95.6 Å². The van der Waals surface area contributed by atoms with Crippen LogP contribution < -0.4 is 10.6 Å². The lowest BCUT2D eigenvalue weighted by Gasteiger charge is -2.24. The molecule has 5 nitrogen and oxygen atoms in total. The Morgan fingerprint density at radius 1 is 0.788 bits per heavy atom. The zero-order chi connectivity index (χ0) is 23.4. The van der Waals surface area contributed by atoms with Crippen molar-refractivity contribution in [2.24, 2.45) is 5.92 Å². The minimum Gasteiger partial charge on any atom is -0.449 e. The fourth-order valence-electron chi connectivity index (χ4n) is 4.43. The predicted octanol–water partition coefficient (Wildman–Crippen LogP) is 5.43. The van der Waals surface area contributed by atoms with Crippen LogP contribution in [0.5, 0.6) is 0 Å². The van der Waals surface area contributed by atoms with Crippen LogP contribution >= 0.6 is 0 Å². The Labute approximate surface area is 195 Å². The van der Waals surface area contributed by atoms with Crippen LogP contribution in [0.2, 0.25) is 0 Å². The van der Waals surface area contributed by atoms with E-state index in [1.807, 2.05) is 75.4 Å². The third-order valence-electron chi connectivity index (χ3n) is 6.22. The lowest BCUT2D eigenvalue weighted by atomic mass is 9.98. The Balaban J connectivity index is 1.39. The number of carbonyl (C=O) groups is 2. The highest BCUT2D eigenvalue weighted by Crippen LogP contribution is 2.44. The standard InChI is InChI=1S/C28H30N2O3/c1-18(2)26(27(31)29-19(3)20-11-5-4-6-12-20)30-28(32)33-17-25-23-15-9-7-13-21(23)22-14-8-10-16-24(22)25/h4-16,18-19,25-26H,17H2,1-3H3,(H,29,31)(H,30,32)/t19?,26-/m0/s1. The zero-order valence-electron chi connectivity index (χ0n) is 19.2. The predicted molar refractivity (Wildman–Crippen MR) is 130 cm³/mol. The van der Waals surface area contributed by atoms with E-state index in [4.69, 9.17) is 4.74 Å². The van der Waals surface area contributed by atoms with Gasteiger partial charge < -0.3 is 15.4 Å². The van der Waals surface area contributed by atoms with E-state index in [-0.39, 0.29) is 30.4 Å². The van der Waals surface area contributed by atoms with Crippen LogP contribution in [0.15, 0.2) is 78.9 Å². The van der Waals surface area contributed by atoms with Crippen LogP contribution in [0.1, 0.15) is 49.4 Å². The van der Waals surface area contributed by atoms with Crippen LogP contribution in [0.25, 0.3) is 11.1 Å². The molecule has 33 heavy (non-hydrogen) atoms. The summed E-state index contributed by atoms with van der Waals surface area (Å²) in [5.74, 6) is -0.337. The minimum atomic E-state index is -0.688. The fraction of sp³-hybridized carbons (Fsp3) is 0.286. The van der Waals surface area contributed by atoms with Crippen molar-refractivity contribution >= 4 is 12.0 Å². The van der Waals surface area contributed by atoms with Gasteiger partial charge in [-0.2, -0.15) is 0 Å². The van der Waals surface area contributed by atoms with Gasteiger partial charge in [-0.3, -0.25) is 4.79 Å². The lowest BCUT2D eigenvalue weighted by Crippen LogP contribution is -2.50. The third kappa shape index (κ3) is 4.92. The van der Waals surface area contributed by atoms with Gasteiger partial charge in [0.2, 0.25) is 5.91 Å². The molecule has 3 aromatic carbocycles. The number of hydrogen-bond acceptors (Lipinski definition) is 3.